The van der Waals surface area contributed by atoms with Crippen molar-refractivity contribution in [1.82, 2.24) is 4.72 Å². The summed E-state index contributed by atoms with van der Waals surface area (Å²) in [7, 11) is -3.60. The second-order valence-corrected chi connectivity index (χ2v) is 7.14. The van der Waals surface area contributed by atoms with Crippen molar-refractivity contribution < 1.29 is 13.5 Å². The topological polar surface area (TPSA) is 66.4 Å². The lowest BCUT2D eigenvalue weighted by molar-refractivity contribution is 0.305. The molecule has 0 aromatic heterocycles. The minimum Gasteiger partial charge on any atom is -0.395 e. The summed E-state index contributed by atoms with van der Waals surface area (Å²) < 4.78 is 27.1. The number of halogens is 1. The Hall–Kier alpha value is -1.06. The van der Waals surface area contributed by atoms with Crippen LogP contribution in [0.4, 0.5) is 0 Å². The molecule has 4 nitrogen and oxygen atoms in total. The van der Waals surface area contributed by atoms with E-state index in [9.17, 15) is 8.42 Å². The van der Waals surface area contributed by atoms with E-state index in [0.29, 0.717) is 12.0 Å². The number of hydrogen-bond donors (Lipinski definition) is 2. The molecule has 2 rings (SSSR count). The van der Waals surface area contributed by atoms with Gasteiger partial charge in [0.2, 0.25) is 10.0 Å². The summed E-state index contributed by atoms with van der Waals surface area (Å²) in [6.45, 7) is 1.86. The number of nitrogens with one attached hydrogen (secondary N) is 1. The fourth-order valence-electron chi connectivity index (χ4n) is 1.69. The standard InChI is InChI=1S/C14H16ClNO3S/c1-14(7-8-14)16-20(18,19)13-6-5-11(10-12(13)15)4-2-3-9-17/h5-6,10,16-17H,3,7-9H2,1H3. The van der Waals surface area contributed by atoms with Crippen molar-refractivity contribution in [3.63, 3.8) is 0 Å². The zero-order valence-corrected chi connectivity index (χ0v) is 12.7. The Morgan fingerprint density at radius 1 is 1.45 bits per heavy atom. The van der Waals surface area contributed by atoms with Crippen LogP contribution < -0.4 is 4.72 Å². The summed E-state index contributed by atoms with van der Waals surface area (Å²) >= 11 is 6.04. The Morgan fingerprint density at radius 2 is 2.15 bits per heavy atom. The van der Waals surface area contributed by atoms with Crippen LogP contribution in [-0.4, -0.2) is 25.7 Å². The van der Waals surface area contributed by atoms with Crippen LogP contribution in [0, 0.1) is 11.8 Å². The maximum Gasteiger partial charge on any atom is 0.242 e. The summed E-state index contributed by atoms with van der Waals surface area (Å²) in [5.41, 5.74) is 0.293. The molecule has 1 aliphatic carbocycles. The summed E-state index contributed by atoms with van der Waals surface area (Å²) in [5.74, 6) is 5.58. The van der Waals surface area contributed by atoms with Crippen LogP contribution in [0.5, 0.6) is 0 Å². The van der Waals surface area contributed by atoms with Crippen molar-refractivity contribution in [2.24, 2.45) is 0 Å². The van der Waals surface area contributed by atoms with E-state index in [1.807, 2.05) is 6.92 Å². The van der Waals surface area contributed by atoms with Gasteiger partial charge in [0.15, 0.2) is 0 Å². The fraction of sp³-hybridized carbons (Fsp3) is 0.429. The molecule has 0 heterocycles. The molecule has 0 amide bonds. The molecule has 1 aromatic carbocycles. The van der Waals surface area contributed by atoms with Gasteiger partial charge in [0.05, 0.1) is 11.6 Å². The third-order valence-corrected chi connectivity index (χ3v) is 5.19. The third-order valence-electron chi connectivity index (χ3n) is 3.07. The second-order valence-electron chi connectivity index (χ2n) is 5.09. The van der Waals surface area contributed by atoms with Crippen LogP contribution in [-0.2, 0) is 10.0 Å². The maximum absolute atomic E-state index is 12.2. The van der Waals surface area contributed by atoms with Crippen LogP contribution in [0.1, 0.15) is 31.7 Å². The van der Waals surface area contributed by atoms with Gasteiger partial charge in [0.1, 0.15) is 4.90 Å². The number of sulfonamides is 1. The van der Waals surface area contributed by atoms with Gasteiger partial charge < -0.3 is 5.11 Å². The molecule has 108 valence electrons. The molecular formula is C14H16ClNO3S. The first-order valence-corrected chi connectivity index (χ1v) is 8.16. The number of rotatable bonds is 4. The SMILES string of the molecule is CC1(NS(=O)(=O)c2ccc(C#CCCO)cc2Cl)CC1. The van der Waals surface area contributed by atoms with Gasteiger partial charge in [-0.05, 0) is 38.0 Å². The highest BCUT2D eigenvalue weighted by Gasteiger charge is 2.41. The molecule has 0 radical (unpaired) electrons. The molecule has 0 saturated heterocycles. The van der Waals surface area contributed by atoms with Crippen molar-refractivity contribution in [2.45, 2.75) is 36.6 Å². The van der Waals surface area contributed by atoms with Gasteiger partial charge in [0, 0.05) is 17.5 Å². The van der Waals surface area contributed by atoms with Gasteiger partial charge in [-0.2, -0.15) is 0 Å². The van der Waals surface area contributed by atoms with Crippen LogP contribution in [0.15, 0.2) is 23.1 Å². The fourth-order valence-corrected chi connectivity index (χ4v) is 3.70. The number of hydrogen-bond acceptors (Lipinski definition) is 3. The minimum absolute atomic E-state index is 0.00427. The summed E-state index contributed by atoms with van der Waals surface area (Å²) in [5, 5.41) is 8.80. The lowest BCUT2D eigenvalue weighted by Gasteiger charge is -2.13. The molecule has 1 saturated carbocycles. The Morgan fingerprint density at radius 3 is 2.70 bits per heavy atom. The van der Waals surface area contributed by atoms with E-state index < -0.39 is 10.0 Å². The Bertz CT molecular complexity index is 669. The second kappa shape index (κ2) is 5.74. The molecule has 20 heavy (non-hydrogen) atoms. The molecule has 2 N–H and O–H groups in total. The van der Waals surface area contributed by atoms with E-state index in [4.69, 9.17) is 16.7 Å². The van der Waals surface area contributed by atoms with Crippen molar-refractivity contribution in [3.8, 4) is 11.8 Å². The Balaban J connectivity index is 2.23. The lowest BCUT2D eigenvalue weighted by Crippen LogP contribution is -2.34. The molecule has 1 aliphatic rings. The highest BCUT2D eigenvalue weighted by Crippen LogP contribution is 2.36. The lowest BCUT2D eigenvalue weighted by atomic mass is 10.2. The smallest absolute Gasteiger partial charge is 0.242 e. The van der Waals surface area contributed by atoms with Crippen molar-refractivity contribution in [1.29, 1.82) is 0 Å². The molecule has 0 bridgehead atoms. The van der Waals surface area contributed by atoms with Crippen LogP contribution in [0.2, 0.25) is 5.02 Å². The van der Waals surface area contributed by atoms with Crippen molar-refractivity contribution >= 4 is 21.6 Å². The first-order valence-electron chi connectivity index (χ1n) is 6.30. The zero-order chi connectivity index (χ0) is 14.8. The number of aliphatic hydroxyl groups is 1. The molecule has 0 spiro atoms. The van der Waals surface area contributed by atoms with Crippen molar-refractivity contribution in [2.75, 3.05) is 6.61 Å². The molecule has 0 atom stereocenters. The third kappa shape index (κ3) is 3.74. The quantitative estimate of drug-likeness (QED) is 0.834. The van der Waals surface area contributed by atoms with Crippen LogP contribution >= 0.6 is 11.6 Å². The van der Waals surface area contributed by atoms with Gasteiger partial charge in [-0.3, -0.25) is 0 Å². The Labute approximate surface area is 124 Å². The van der Waals surface area contributed by atoms with E-state index in [-0.39, 0.29) is 22.1 Å². The first-order chi connectivity index (χ1) is 9.36. The normalized spacial score (nSPS) is 16.4. The van der Waals surface area contributed by atoms with E-state index >= 15 is 0 Å². The van der Waals surface area contributed by atoms with Gasteiger partial charge in [0.25, 0.3) is 0 Å². The predicted octanol–water partition coefficient (Wildman–Crippen LogP) is 1.90. The van der Waals surface area contributed by atoms with Gasteiger partial charge >= 0.3 is 0 Å². The summed E-state index contributed by atoms with van der Waals surface area (Å²) in [6.07, 6.45) is 2.06. The van der Waals surface area contributed by atoms with E-state index in [2.05, 4.69) is 16.6 Å². The highest BCUT2D eigenvalue weighted by atomic mass is 35.5. The predicted molar refractivity (Wildman–Crippen MR) is 78.0 cm³/mol. The van der Waals surface area contributed by atoms with E-state index in [1.54, 1.807) is 6.07 Å². The molecular weight excluding hydrogens is 298 g/mol. The maximum atomic E-state index is 12.2. The van der Waals surface area contributed by atoms with Crippen molar-refractivity contribution in [3.05, 3.63) is 28.8 Å². The van der Waals surface area contributed by atoms with Gasteiger partial charge in [-0.25, -0.2) is 13.1 Å². The van der Waals surface area contributed by atoms with E-state index in [1.165, 1.54) is 12.1 Å². The van der Waals surface area contributed by atoms with Gasteiger partial charge in [-0.15, -0.1) is 0 Å². The van der Waals surface area contributed by atoms with Crippen LogP contribution in [0.25, 0.3) is 0 Å². The zero-order valence-electron chi connectivity index (χ0n) is 11.1. The van der Waals surface area contributed by atoms with E-state index in [0.717, 1.165) is 12.8 Å². The average molecular weight is 314 g/mol. The monoisotopic (exact) mass is 313 g/mol. The largest absolute Gasteiger partial charge is 0.395 e. The number of aliphatic hydroxyl groups excluding tert-OH is 1. The molecule has 0 unspecified atom stereocenters. The summed E-state index contributed by atoms with van der Waals surface area (Å²) in [4.78, 5) is 0.0694. The molecule has 1 fully saturated rings. The molecule has 1 aromatic rings. The average Bonchev–Trinajstić information content (AvgIpc) is 3.05. The first kappa shape index (κ1) is 15.3. The molecule has 6 heteroatoms. The molecule has 0 aliphatic heterocycles. The highest BCUT2D eigenvalue weighted by molar-refractivity contribution is 7.89. The van der Waals surface area contributed by atoms with Gasteiger partial charge in [-0.1, -0.05) is 23.4 Å². The minimum atomic E-state index is -3.60. The Kier molecular flexibility index (Phi) is 4.40. The summed E-state index contributed by atoms with van der Waals surface area (Å²) in [6, 6.07) is 4.59. The van der Waals surface area contributed by atoms with Crippen LogP contribution in [0.3, 0.4) is 0 Å². The number of benzene rings is 1.